The molecule has 0 saturated heterocycles. The van der Waals surface area contributed by atoms with Gasteiger partial charge in [0.05, 0.1) is 0 Å². The quantitative estimate of drug-likeness (QED) is 0.727. The average molecular weight is 257 g/mol. The van der Waals surface area contributed by atoms with Gasteiger partial charge < -0.3 is 0 Å². The number of aromatic nitrogens is 1. The van der Waals surface area contributed by atoms with Crippen LogP contribution >= 0.6 is 0 Å². The fraction of sp³-hybridized carbons (Fsp3) is 0.722. The van der Waals surface area contributed by atoms with Gasteiger partial charge in [-0.05, 0) is 59.6 Å². The van der Waals surface area contributed by atoms with Gasteiger partial charge in [0.25, 0.3) is 0 Å². The van der Waals surface area contributed by atoms with Crippen molar-refractivity contribution in [3.8, 4) is 0 Å². The van der Waals surface area contributed by atoms with Gasteiger partial charge in [-0.2, -0.15) is 0 Å². The first-order valence-electron chi connectivity index (χ1n) is 8.03. The van der Waals surface area contributed by atoms with E-state index in [0.29, 0.717) is 17.3 Å². The summed E-state index contributed by atoms with van der Waals surface area (Å²) in [5.41, 5.74) is 6.81. The van der Waals surface area contributed by atoms with Crippen molar-refractivity contribution in [2.75, 3.05) is 0 Å². The number of hydrogen-bond acceptors (Lipinski definition) is 1. The zero-order valence-electron chi connectivity index (χ0n) is 12.9. The second-order valence-corrected chi connectivity index (χ2v) is 7.43. The van der Waals surface area contributed by atoms with Crippen LogP contribution in [0.2, 0.25) is 0 Å². The first kappa shape index (κ1) is 13.1. The van der Waals surface area contributed by atoms with Crippen LogP contribution in [0.3, 0.4) is 0 Å². The van der Waals surface area contributed by atoms with Crippen molar-refractivity contribution in [1.82, 2.24) is 4.98 Å². The molecule has 1 heterocycles. The molecule has 1 aromatic rings. The maximum absolute atomic E-state index is 4.83. The van der Waals surface area contributed by atoms with Crippen molar-refractivity contribution in [3.63, 3.8) is 0 Å². The minimum Gasteiger partial charge on any atom is -0.260 e. The van der Waals surface area contributed by atoms with E-state index in [4.69, 9.17) is 4.98 Å². The molecule has 2 aliphatic rings. The zero-order valence-corrected chi connectivity index (χ0v) is 12.9. The van der Waals surface area contributed by atoms with Crippen LogP contribution in [0.25, 0.3) is 0 Å². The summed E-state index contributed by atoms with van der Waals surface area (Å²) in [6.45, 7) is 9.20. The lowest BCUT2D eigenvalue weighted by Gasteiger charge is -2.22. The van der Waals surface area contributed by atoms with Crippen LogP contribution in [0.1, 0.15) is 87.6 Å². The maximum atomic E-state index is 4.83. The Morgan fingerprint density at radius 2 is 1.58 bits per heavy atom. The van der Waals surface area contributed by atoms with Crippen LogP contribution in [0.4, 0.5) is 0 Å². The van der Waals surface area contributed by atoms with E-state index in [1.165, 1.54) is 49.8 Å². The van der Waals surface area contributed by atoms with Gasteiger partial charge in [0.2, 0.25) is 0 Å². The first-order chi connectivity index (χ1) is 9.02. The van der Waals surface area contributed by atoms with Crippen molar-refractivity contribution < 1.29 is 0 Å². The summed E-state index contributed by atoms with van der Waals surface area (Å²) >= 11 is 0. The number of nitrogens with zero attached hydrogens (tertiary/aromatic N) is 1. The Morgan fingerprint density at radius 1 is 0.947 bits per heavy atom. The number of hydrogen-bond donors (Lipinski definition) is 0. The van der Waals surface area contributed by atoms with E-state index in [1.807, 2.05) is 0 Å². The Hall–Kier alpha value is -0.850. The van der Waals surface area contributed by atoms with Crippen LogP contribution in [0.5, 0.6) is 0 Å². The average Bonchev–Trinajstić information content (AvgIpc) is 2.94. The van der Waals surface area contributed by atoms with Crippen molar-refractivity contribution in [2.24, 2.45) is 5.41 Å². The van der Waals surface area contributed by atoms with Gasteiger partial charge in [0.15, 0.2) is 0 Å². The highest BCUT2D eigenvalue weighted by Crippen LogP contribution is 2.51. The second-order valence-electron chi connectivity index (χ2n) is 7.43. The van der Waals surface area contributed by atoms with Crippen LogP contribution in [-0.4, -0.2) is 4.98 Å². The van der Waals surface area contributed by atoms with Crippen molar-refractivity contribution in [3.05, 3.63) is 28.6 Å². The van der Waals surface area contributed by atoms with E-state index in [0.717, 1.165) is 0 Å². The first-order valence-corrected chi connectivity index (χ1v) is 8.03. The van der Waals surface area contributed by atoms with Crippen molar-refractivity contribution in [1.29, 1.82) is 0 Å². The molecule has 0 unspecified atom stereocenters. The van der Waals surface area contributed by atoms with Gasteiger partial charge in [-0.1, -0.05) is 40.5 Å². The lowest BCUT2D eigenvalue weighted by Crippen LogP contribution is -2.16. The summed E-state index contributed by atoms with van der Waals surface area (Å²) in [4.78, 5) is 4.83. The van der Waals surface area contributed by atoms with E-state index in [1.54, 1.807) is 11.1 Å². The van der Waals surface area contributed by atoms with Crippen LogP contribution in [0, 0.1) is 5.41 Å². The molecule has 0 N–H and O–H groups in total. The Kier molecular flexibility index (Phi) is 3.19. The molecule has 0 aliphatic heterocycles. The molecule has 0 radical (unpaired) electrons. The normalized spacial score (nSPS) is 20.7. The molecule has 1 fully saturated rings. The Labute approximate surface area is 117 Å². The molecule has 1 saturated carbocycles. The molecular weight excluding hydrogens is 230 g/mol. The van der Waals surface area contributed by atoms with Crippen LogP contribution in [0.15, 0.2) is 6.20 Å². The topological polar surface area (TPSA) is 12.9 Å². The van der Waals surface area contributed by atoms with Crippen LogP contribution < -0.4 is 0 Å². The molecule has 1 nitrogen and oxygen atoms in total. The van der Waals surface area contributed by atoms with E-state index < -0.39 is 0 Å². The standard InChI is InChI=1S/C18H27N/c1-12(2)16-11-19-17(13(3)4)15-10-18(9-14(15)16)7-5-6-8-18/h11-13H,5-10H2,1-4H3. The third-order valence-corrected chi connectivity index (χ3v) is 5.30. The number of pyridine rings is 1. The predicted molar refractivity (Wildman–Crippen MR) is 80.7 cm³/mol. The summed E-state index contributed by atoms with van der Waals surface area (Å²) < 4.78 is 0. The second kappa shape index (κ2) is 4.61. The third kappa shape index (κ3) is 2.11. The monoisotopic (exact) mass is 257 g/mol. The Morgan fingerprint density at radius 3 is 2.16 bits per heavy atom. The molecule has 0 bridgehead atoms. The summed E-state index contributed by atoms with van der Waals surface area (Å²) in [6, 6.07) is 0. The molecule has 1 aromatic heterocycles. The van der Waals surface area contributed by atoms with E-state index in [-0.39, 0.29) is 0 Å². The molecule has 0 atom stereocenters. The van der Waals surface area contributed by atoms with Crippen molar-refractivity contribution in [2.45, 2.75) is 78.1 Å². The molecule has 104 valence electrons. The SMILES string of the molecule is CC(C)c1cnc(C(C)C)c2c1CC1(CCCC1)C2. The smallest absolute Gasteiger partial charge is 0.0464 e. The fourth-order valence-electron chi connectivity index (χ4n) is 4.32. The number of rotatable bonds is 2. The van der Waals surface area contributed by atoms with Gasteiger partial charge >= 0.3 is 0 Å². The Bertz CT molecular complexity index is 440. The van der Waals surface area contributed by atoms with Gasteiger partial charge in [-0.25, -0.2) is 0 Å². The molecule has 1 spiro atoms. The molecular formula is C18H27N. The molecule has 19 heavy (non-hydrogen) atoms. The summed E-state index contributed by atoms with van der Waals surface area (Å²) in [5, 5.41) is 0. The van der Waals surface area contributed by atoms with E-state index in [9.17, 15) is 0 Å². The highest BCUT2D eigenvalue weighted by molar-refractivity contribution is 5.44. The molecule has 2 aliphatic carbocycles. The van der Waals surface area contributed by atoms with Crippen LogP contribution in [-0.2, 0) is 12.8 Å². The molecule has 0 aromatic carbocycles. The van der Waals surface area contributed by atoms with Gasteiger partial charge in [0, 0.05) is 11.9 Å². The summed E-state index contributed by atoms with van der Waals surface area (Å²) in [6.07, 6.45) is 10.6. The Balaban J connectivity index is 2.08. The lowest BCUT2D eigenvalue weighted by atomic mass is 9.82. The molecule has 1 heteroatoms. The maximum Gasteiger partial charge on any atom is 0.0464 e. The number of fused-ring (bicyclic) bond motifs is 1. The fourth-order valence-corrected chi connectivity index (χ4v) is 4.32. The van der Waals surface area contributed by atoms with Crippen molar-refractivity contribution >= 4 is 0 Å². The minimum atomic E-state index is 0.562. The summed E-state index contributed by atoms with van der Waals surface area (Å²) in [5.74, 6) is 1.17. The predicted octanol–water partition coefficient (Wildman–Crippen LogP) is 4.99. The molecule has 3 rings (SSSR count). The van der Waals surface area contributed by atoms with Gasteiger partial charge in [-0.3, -0.25) is 4.98 Å². The third-order valence-electron chi connectivity index (χ3n) is 5.30. The zero-order chi connectivity index (χ0) is 13.6. The molecule has 0 amide bonds. The highest BCUT2D eigenvalue weighted by Gasteiger charge is 2.42. The van der Waals surface area contributed by atoms with Gasteiger partial charge in [0.1, 0.15) is 0 Å². The summed E-state index contributed by atoms with van der Waals surface area (Å²) in [7, 11) is 0. The highest BCUT2D eigenvalue weighted by atomic mass is 14.7. The largest absolute Gasteiger partial charge is 0.260 e. The lowest BCUT2D eigenvalue weighted by molar-refractivity contribution is 0.316. The van der Waals surface area contributed by atoms with E-state index in [2.05, 4.69) is 33.9 Å². The van der Waals surface area contributed by atoms with E-state index >= 15 is 0 Å². The van der Waals surface area contributed by atoms with Gasteiger partial charge in [-0.15, -0.1) is 0 Å². The minimum absolute atomic E-state index is 0.562.